The van der Waals surface area contributed by atoms with E-state index in [4.69, 9.17) is 10.5 Å². The Morgan fingerprint density at radius 3 is 3.22 bits per heavy atom. The van der Waals surface area contributed by atoms with Crippen LogP contribution in [0.2, 0.25) is 0 Å². The van der Waals surface area contributed by atoms with Gasteiger partial charge in [0.1, 0.15) is 10.7 Å². The summed E-state index contributed by atoms with van der Waals surface area (Å²) in [7, 11) is 0. The number of hydrogen-bond donors (Lipinski definition) is 1. The average molecular weight is 269 g/mol. The summed E-state index contributed by atoms with van der Waals surface area (Å²) in [4.78, 5) is 18.3. The SMILES string of the molecule is CCO[C@H]1CCCN(C(=O)c2csc(CN)n2)C1. The number of likely N-dealkylation sites (tertiary alicyclic amines) is 1. The molecule has 1 aromatic rings. The summed E-state index contributed by atoms with van der Waals surface area (Å²) < 4.78 is 5.59. The van der Waals surface area contributed by atoms with Crippen molar-refractivity contribution in [3.63, 3.8) is 0 Å². The number of rotatable bonds is 4. The Morgan fingerprint density at radius 2 is 2.56 bits per heavy atom. The van der Waals surface area contributed by atoms with Crippen molar-refractivity contribution in [2.45, 2.75) is 32.4 Å². The van der Waals surface area contributed by atoms with Gasteiger partial charge < -0.3 is 15.4 Å². The molecule has 100 valence electrons. The number of carbonyl (C=O) groups excluding carboxylic acids is 1. The zero-order valence-corrected chi connectivity index (χ0v) is 11.4. The maximum absolute atomic E-state index is 12.3. The summed E-state index contributed by atoms with van der Waals surface area (Å²) in [6.45, 7) is 4.52. The molecular weight excluding hydrogens is 250 g/mol. The molecule has 0 aliphatic carbocycles. The van der Waals surface area contributed by atoms with E-state index in [1.54, 1.807) is 5.38 Å². The molecule has 2 N–H and O–H groups in total. The summed E-state index contributed by atoms with van der Waals surface area (Å²) in [6, 6.07) is 0. The monoisotopic (exact) mass is 269 g/mol. The molecule has 0 radical (unpaired) electrons. The second kappa shape index (κ2) is 6.26. The minimum Gasteiger partial charge on any atom is -0.377 e. The zero-order valence-electron chi connectivity index (χ0n) is 10.6. The van der Waals surface area contributed by atoms with Crippen LogP contribution in [-0.2, 0) is 11.3 Å². The lowest BCUT2D eigenvalue weighted by molar-refractivity contribution is 0.00706. The van der Waals surface area contributed by atoms with Gasteiger partial charge in [0.15, 0.2) is 0 Å². The first-order chi connectivity index (χ1) is 8.74. The van der Waals surface area contributed by atoms with Crippen LogP contribution in [0.25, 0.3) is 0 Å². The highest BCUT2D eigenvalue weighted by Gasteiger charge is 2.25. The van der Waals surface area contributed by atoms with Crippen molar-refractivity contribution < 1.29 is 9.53 Å². The summed E-state index contributed by atoms with van der Waals surface area (Å²) >= 11 is 1.44. The van der Waals surface area contributed by atoms with E-state index >= 15 is 0 Å². The van der Waals surface area contributed by atoms with Crippen LogP contribution in [0.3, 0.4) is 0 Å². The van der Waals surface area contributed by atoms with Crippen LogP contribution in [-0.4, -0.2) is 41.6 Å². The zero-order chi connectivity index (χ0) is 13.0. The summed E-state index contributed by atoms with van der Waals surface area (Å²) in [5, 5.41) is 2.59. The van der Waals surface area contributed by atoms with Gasteiger partial charge in [-0.25, -0.2) is 4.98 Å². The fourth-order valence-electron chi connectivity index (χ4n) is 2.16. The lowest BCUT2D eigenvalue weighted by Crippen LogP contribution is -2.43. The molecule has 1 aromatic heterocycles. The van der Waals surface area contributed by atoms with Gasteiger partial charge in [-0.3, -0.25) is 4.79 Å². The van der Waals surface area contributed by atoms with Gasteiger partial charge >= 0.3 is 0 Å². The third-order valence-electron chi connectivity index (χ3n) is 3.01. The van der Waals surface area contributed by atoms with E-state index in [1.807, 2.05) is 11.8 Å². The first-order valence-electron chi connectivity index (χ1n) is 6.30. The second-order valence-electron chi connectivity index (χ2n) is 4.30. The minimum absolute atomic E-state index is 0.00430. The molecule has 2 heterocycles. The van der Waals surface area contributed by atoms with Crippen LogP contribution in [0.5, 0.6) is 0 Å². The third kappa shape index (κ3) is 3.07. The Kier molecular flexibility index (Phi) is 4.68. The van der Waals surface area contributed by atoms with E-state index in [1.165, 1.54) is 11.3 Å². The Bertz CT molecular complexity index is 406. The molecule has 1 aliphatic heterocycles. The van der Waals surface area contributed by atoms with Gasteiger partial charge in [-0.2, -0.15) is 0 Å². The molecule has 1 atom stereocenters. The smallest absolute Gasteiger partial charge is 0.273 e. The average Bonchev–Trinajstić information content (AvgIpc) is 2.87. The van der Waals surface area contributed by atoms with Crippen molar-refractivity contribution in [1.29, 1.82) is 0 Å². The number of nitrogens with two attached hydrogens (primary N) is 1. The highest BCUT2D eigenvalue weighted by molar-refractivity contribution is 7.09. The second-order valence-corrected chi connectivity index (χ2v) is 5.24. The molecule has 1 aliphatic rings. The van der Waals surface area contributed by atoms with E-state index in [0.29, 0.717) is 25.4 Å². The number of nitrogens with zero attached hydrogens (tertiary/aromatic N) is 2. The van der Waals surface area contributed by atoms with Crippen molar-refractivity contribution >= 4 is 17.2 Å². The standard InChI is InChI=1S/C12H19N3O2S/c1-2-17-9-4-3-5-15(7-9)12(16)10-8-18-11(6-13)14-10/h8-9H,2-7,13H2,1H3/t9-/m0/s1. The van der Waals surface area contributed by atoms with E-state index < -0.39 is 0 Å². The molecular formula is C12H19N3O2S. The molecule has 0 unspecified atom stereocenters. The van der Waals surface area contributed by atoms with Gasteiger partial charge in [0, 0.05) is 31.6 Å². The fraction of sp³-hybridized carbons (Fsp3) is 0.667. The van der Waals surface area contributed by atoms with Crippen LogP contribution >= 0.6 is 11.3 Å². The number of thiazole rings is 1. The number of piperidine rings is 1. The summed E-state index contributed by atoms with van der Waals surface area (Å²) in [5.41, 5.74) is 6.02. The van der Waals surface area contributed by atoms with E-state index in [-0.39, 0.29) is 12.0 Å². The number of ether oxygens (including phenoxy) is 1. The van der Waals surface area contributed by atoms with E-state index in [0.717, 1.165) is 24.4 Å². The van der Waals surface area contributed by atoms with Crippen LogP contribution in [0.15, 0.2) is 5.38 Å². The van der Waals surface area contributed by atoms with E-state index in [9.17, 15) is 4.79 Å². The molecule has 0 saturated carbocycles. The van der Waals surface area contributed by atoms with Crippen molar-refractivity contribution in [2.75, 3.05) is 19.7 Å². The maximum Gasteiger partial charge on any atom is 0.273 e. The lowest BCUT2D eigenvalue weighted by Gasteiger charge is -2.32. The molecule has 2 rings (SSSR count). The molecule has 0 bridgehead atoms. The number of hydrogen-bond acceptors (Lipinski definition) is 5. The van der Waals surface area contributed by atoms with Gasteiger partial charge in [-0.1, -0.05) is 0 Å². The molecule has 1 fully saturated rings. The van der Waals surface area contributed by atoms with E-state index in [2.05, 4.69) is 4.98 Å². The van der Waals surface area contributed by atoms with Crippen molar-refractivity contribution in [1.82, 2.24) is 9.88 Å². The molecule has 18 heavy (non-hydrogen) atoms. The number of amides is 1. The topological polar surface area (TPSA) is 68.5 Å². The molecule has 6 heteroatoms. The van der Waals surface area contributed by atoms with Gasteiger partial charge in [0.25, 0.3) is 5.91 Å². The summed E-state index contributed by atoms with van der Waals surface area (Å²) in [5.74, 6) is -0.00430. The van der Waals surface area contributed by atoms with Crippen molar-refractivity contribution in [2.24, 2.45) is 5.73 Å². The van der Waals surface area contributed by atoms with Crippen LogP contribution in [0.1, 0.15) is 35.3 Å². The van der Waals surface area contributed by atoms with Crippen molar-refractivity contribution in [3.05, 3.63) is 16.1 Å². The third-order valence-corrected chi connectivity index (χ3v) is 3.88. The van der Waals surface area contributed by atoms with Crippen molar-refractivity contribution in [3.8, 4) is 0 Å². The number of aromatic nitrogens is 1. The molecule has 0 aromatic carbocycles. The normalized spacial score (nSPS) is 20.1. The molecule has 0 spiro atoms. The highest BCUT2D eigenvalue weighted by atomic mass is 32.1. The predicted octanol–water partition coefficient (Wildman–Crippen LogP) is 1.24. The Balaban J connectivity index is 1.99. The molecule has 5 nitrogen and oxygen atoms in total. The first-order valence-corrected chi connectivity index (χ1v) is 7.18. The van der Waals surface area contributed by atoms with Gasteiger partial charge in [-0.15, -0.1) is 11.3 Å². The summed E-state index contributed by atoms with van der Waals surface area (Å²) in [6.07, 6.45) is 2.19. The Hall–Kier alpha value is -0.980. The first kappa shape index (κ1) is 13.5. The number of carbonyl (C=O) groups is 1. The fourth-order valence-corrected chi connectivity index (χ4v) is 2.81. The highest BCUT2D eigenvalue weighted by Crippen LogP contribution is 2.17. The largest absolute Gasteiger partial charge is 0.377 e. The maximum atomic E-state index is 12.3. The van der Waals surface area contributed by atoms with Gasteiger partial charge in [0.2, 0.25) is 0 Å². The molecule has 1 amide bonds. The van der Waals surface area contributed by atoms with Gasteiger partial charge in [-0.05, 0) is 19.8 Å². The van der Waals surface area contributed by atoms with Gasteiger partial charge in [0.05, 0.1) is 6.10 Å². The van der Waals surface area contributed by atoms with Crippen LogP contribution in [0.4, 0.5) is 0 Å². The Morgan fingerprint density at radius 1 is 1.72 bits per heavy atom. The van der Waals surface area contributed by atoms with Crippen LogP contribution in [0, 0.1) is 0 Å². The Labute approximate surface area is 111 Å². The minimum atomic E-state index is -0.00430. The molecule has 1 saturated heterocycles. The predicted molar refractivity (Wildman–Crippen MR) is 70.6 cm³/mol. The lowest BCUT2D eigenvalue weighted by atomic mass is 10.1. The van der Waals surface area contributed by atoms with Crippen LogP contribution < -0.4 is 5.73 Å². The quantitative estimate of drug-likeness (QED) is 0.893.